The second kappa shape index (κ2) is 6.07. The van der Waals surface area contributed by atoms with E-state index in [9.17, 15) is 0 Å². The van der Waals surface area contributed by atoms with Gasteiger partial charge in [0.2, 0.25) is 0 Å². The molecule has 2 heteroatoms. The van der Waals surface area contributed by atoms with Crippen LogP contribution in [0.2, 0.25) is 0 Å². The molecule has 0 amide bonds. The monoisotopic (exact) mass is 321 g/mol. The van der Waals surface area contributed by atoms with Crippen LogP contribution in [-0.4, -0.2) is 19.6 Å². The number of aryl methyl sites for hydroxylation is 1. The van der Waals surface area contributed by atoms with Gasteiger partial charge in [-0.15, -0.1) is 0 Å². The van der Waals surface area contributed by atoms with E-state index in [4.69, 9.17) is 0 Å². The second-order valence-corrected chi connectivity index (χ2v) is 9.23. The summed E-state index contributed by atoms with van der Waals surface area (Å²) in [5.74, 6) is 0. The van der Waals surface area contributed by atoms with Gasteiger partial charge in [0.1, 0.15) is 0 Å². The molecule has 0 atom stereocenters. The summed E-state index contributed by atoms with van der Waals surface area (Å²) in [6.45, 7) is 2.13. The number of rotatable bonds is 3. The SMILES string of the molecule is Cc1ccnc([As](c2ccccc2)c2ccccc2)c1. The van der Waals surface area contributed by atoms with Gasteiger partial charge >= 0.3 is 124 Å². The number of pyridine rings is 1. The molecule has 1 nitrogen and oxygen atoms in total. The average Bonchev–Trinajstić information content (AvgIpc) is 2.50. The van der Waals surface area contributed by atoms with Gasteiger partial charge in [-0.2, -0.15) is 0 Å². The summed E-state index contributed by atoms with van der Waals surface area (Å²) in [6, 6.07) is 25.9. The van der Waals surface area contributed by atoms with Crippen molar-refractivity contribution in [3.8, 4) is 0 Å². The van der Waals surface area contributed by atoms with E-state index < -0.39 is 14.7 Å². The number of hydrogen-bond acceptors (Lipinski definition) is 1. The molecule has 1 aromatic heterocycles. The third kappa shape index (κ3) is 2.84. The Balaban J connectivity index is 2.14. The van der Waals surface area contributed by atoms with Crippen LogP contribution in [-0.2, 0) is 0 Å². The van der Waals surface area contributed by atoms with Gasteiger partial charge in [0.05, 0.1) is 0 Å². The van der Waals surface area contributed by atoms with Crippen molar-refractivity contribution in [3.63, 3.8) is 0 Å². The number of aromatic nitrogens is 1. The molecular formula is C18H16AsN. The first-order valence-corrected chi connectivity index (χ1v) is 9.49. The Hall–Kier alpha value is -1.85. The van der Waals surface area contributed by atoms with Gasteiger partial charge in [-0.1, -0.05) is 0 Å². The minimum atomic E-state index is -1.53. The molecule has 0 saturated heterocycles. The van der Waals surface area contributed by atoms with Crippen molar-refractivity contribution in [3.05, 3.63) is 84.6 Å². The van der Waals surface area contributed by atoms with Gasteiger partial charge in [0.15, 0.2) is 0 Å². The quantitative estimate of drug-likeness (QED) is 0.672. The van der Waals surface area contributed by atoms with Crippen LogP contribution in [0, 0.1) is 6.92 Å². The molecule has 0 fully saturated rings. The Morgan fingerprint density at radius 2 is 1.30 bits per heavy atom. The molecule has 20 heavy (non-hydrogen) atoms. The predicted molar refractivity (Wildman–Crippen MR) is 86.5 cm³/mol. The van der Waals surface area contributed by atoms with Crippen LogP contribution < -0.4 is 13.2 Å². The second-order valence-electron chi connectivity index (χ2n) is 4.70. The Morgan fingerprint density at radius 1 is 0.750 bits per heavy atom. The zero-order valence-electron chi connectivity index (χ0n) is 11.4. The molecule has 3 aromatic rings. The van der Waals surface area contributed by atoms with E-state index in [-0.39, 0.29) is 0 Å². The first-order valence-electron chi connectivity index (χ1n) is 6.67. The molecule has 1 heterocycles. The van der Waals surface area contributed by atoms with Gasteiger partial charge in [0, 0.05) is 0 Å². The molecule has 3 rings (SSSR count). The molecular weight excluding hydrogens is 305 g/mol. The topological polar surface area (TPSA) is 12.9 Å². The van der Waals surface area contributed by atoms with Crippen LogP contribution in [0.5, 0.6) is 0 Å². The van der Waals surface area contributed by atoms with E-state index in [1.165, 1.54) is 18.7 Å². The number of nitrogens with zero attached hydrogens (tertiary/aromatic N) is 1. The zero-order valence-corrected chi connectivity index (χ0v) is 13.3. The summed E-state index contributed by atoms with van der Waals surface area (Å²) < 4.78 is 4.09. The third-order valence-electron chi connectivity index (χ3n) is 3.16. The molecule has 2 aromatic carbocycles. The Morgan fingerprint density at radius 3 is 1.80 bits per heavy atom. The summed E-state index contributed by atoms with van der Waals surface area (Å²) in [5.41, 5.74) is 1.28. The van der Waals surface area contributed by atoms with Crippen molar-refractivity contribution in [2.75, 3.05) is 0 Å². The van der Waals surface area contributed by atoms with Gasteiger partial charge in [-0.25, -0.2) is 0 Å². The van der Waals surface area contributed by atoms with Crippen LogP contribution in [0.1, 0.15) is 5.56 Å². The molecule has 0 aliphatic carbocycles. The summed E-state index contributed by atoms with van der Waals surface area (Å²) in [7, 11) is 0. The fraction of sp³-hybridized carbons (Fsp3) is 0.0556. The van der Waals surface area contributed by atoms with E-state index in [0.29, 0.717) is 0 Å². The first kappa shape index (κ1) is 13.1. The van der Waals surface area contributed by atoms with Crippen LogP contribution in [0.15, 0.2) is 79.0 Å². The average molecular weight is 321 g/mol. The van der Waals surface area contributed by atoms with Gasteiger partial charge in [-0.3, -0.25) is 0 Å². The number of benzene rings is 2. The summed E-state index contributed by atoms with van der Waals surface area (Å²) in [4.78, 5) is 4.66. The van der Waals surface area contributed by atoms with Crippen molar-refractivity contribution < 1.29 is 0 Å². The molecule has 0 radical (unpaired) electrons. The molecule has 0 unspecified atom stereocenters. The van der Waals surface area contributed by atoms with Crippen molar-refractivity contribution in [2.24, 2.45) is 0 Å². The van der Waals surface area contributed by atoms with Gasteiger partial charge in [0.25, 0.3) is 0 Å². The predicted octanol–water partition coefficient (Wildman–Crippen LogP) is 1.91. The van der Waals surface area contributed by atoms with E-state index in [1.54, 1.807) is 0 Å². The van der Waals surface area contributed by atoms with Crippen molar-refractivity contribution >= 4 is 27.8 Å². The molecule has 0 aliphatic rings. The summed E-state index contributed by atoms with van der Waals surface area (Å²) in [5, 5.41) is 0. The summed E-state index contributed by atoms with van der Waals surface area (Å²) >= 11 is -1.53. The van der Waals surface area contributed by atoms with Crippen molar-refractivity contribution in [1.29, 1.82) is 0 Å². The molecule has 0 saturated carbocycles. The maximum atomic E-state index is 4.66. The molecule has 0 aliphatic heterocycles. The van der Waals surface area contributed by atoms with Gasteiger partial charge in [-0.05, 0) is 0 Å². The minimum absolute atomic E-state index is 1.25. The van der Waals surface area contributed by atoms with Crippen molar-refractivity contribution in [2.45, 2.75) is 6.92 Å². The zero-order chi connectivity index (χ0) is 13.8. The third-order valence-corrected chi connectivity index (χ3v) is 8.05. The van der Waals surface area contributed by atoms with E-state index in [1.807, 2.05) is 6.20 Å². The van der Waals surface area contributed by atoms with Crippen LogP contribution in [0.25, 0.3) is 0 Å². The molecule has 0 spiro atoms. The Labute approximate surface area is 124 Å². The maximum absolute atomic E-state index is 4.66. The van der Waals surface area contributed by atoms with Crippen LogP contribution >= 0.6 is 0 Å². The van der Waals surface area contributed by atoms with E-state index in [2.05, 4.69) is 84.7 Å². The van der Waals surface area contributed by atoms with Crippen LogP contribution in [0.4, 0.5) is 0 Å². The van der Waals surface area contributed by atoms with E-state index in [0.717, 1.165) is 0 Å². The standard InChI is InChI=1S/C18H16AsN/c1-15-12-13-20-18(14-15)19(16-8-4-2-5-9-16)17-10-6-3-7-11-17/h2-14H,1H3. The number of hydrogen-bond donors (Lipinski definition) is 0. The molecule has 98 valence electrons. The Kier molecular flexibility index (Phi) is 3.99. The van der Waals surface area contributed by atoms with E-state index >= 15 is 0 Å². The Bertz CT molecular complexity index is 641. The fourth-order valence-electron chi connectivity index (χ4n) is 2.21. The first-order chi connectivity index (χ1) is 9.84. The fourth-order valence-corrected chi connectivity index (χ4v) is 7.00. The molecule has 0 N–H and O–H groups in total. The molecule has 0 bridgehead atoms. The van der Waals surface area contributed by atoms with Gasteiger partial charge < -0.3 is 0 Å². The normalized spacial score (nSPS) is 10.7. The van der Waals surface area contributed by atoms with Crippen molar-refractivity contribution in [1.82, 2.24) is 4.98 Å². The van der Waals surface area contributed by atoms with Crippen LogP contribution in [0.3, 0.4) is 0 Å². The summed E-state index contributed by atoms with van der Waals surface area (Å²) in [6.07, 6.45) is 1.93.